The van der Waals surface area contributed by atoms with E-state index in [-0.39, 0.29) is 5.56 Å². The maximum Gasteiger partial charge on any atom is 0.254 e. The van der Waals surface area contributed by atoms with Crippen LogP contribution in [0.3, 0.4) is 0 Å². The molecule has 0 spiro atoms. The molecule has 98 valence electrons. The number of benzene rings is 2. The largest absolute Gasteiger partial charge is 0.348 e. The Kier molecular flexibility index (Phi) is 4.32. The van der Waals surface area contributed by atoms with Crippen LogP contribution in [0.2, 0.25) is 0 Å². The lowest BCUT2D eigenvalue weighted by Crippen LogP contribution is -2.24. The van der Waals surface area contributed by atoms with Gasteiger partial charge in [-0.25, -0.2) is 4.39 Å². The molecular formula is C15H13BrFNO. The van der Waals surface area contributed by atoms with Gasteiger partial charge in [0.25, 0.3) is 5.91 Å². The molecule has 0 saturated carbocycles. The summed E-state index contributed by atoms with van der Waals surface area (Å²) < 4.78 is 14.5. The van der Waals surface area contributed by atoms with E-state index in [4.69, 9.17) is 0 Å². The molecule has 2 aromatic rings. The number of halogens is 2. The van der Waals surface area contributed by atoms with E-state index in [0.717, 1.165) is 15.6 Å². The lowest BCUT2D eigenvalue weighted by Gasteiger charge is -2.08. The number of hydrogen-bond acceptors (Lipinski definition) is 1. The van der Waals surface area contributed by atoms with Gasteiger partial charge in [0.1, 0.15) is 5.82 Å². The Morgan fingerprint density at radius 1 is 1.26 bits per heavy atom. The SMILES string of the molecule is Cc1ccc(F)c(C(=O)NCc2ccccc2Br)c1. The molecule has 0 heterocycles. The first-order valence-corrected chi connectivity index (χ1v) is 6.65. The second-order valence-corrected chi connectivity index (χ2v) is 5.11. The molecule has 0 aromatic heterocycles. The van der Waals surface area contributed by atoms with E-state index in [1.165, 1.54) is 6.07 Å². The van der Waals surface area contributed by atoms with Crippen molar-refractivity contribution in [3.8, 4) is 0 Å². The van der Waals surface area contributed by atoms with Gasteiger partial charge in [-0.3, -0.25) is 4.79 Å². The van der Waals surface area contributed by atoms with Gasteiger partial charge in [-0.15, -0.1) is 0 Å². The Morgan fingerprint density at radius 2 is 2.00 bits per heavy atom. The summed E-state index contributed by atoms with van der Waals surface area (Å²) in [4.78, 5) is 11.9. The zero-order valence-corrected chi connectivity index (χ0v) is 12.0. The van der Waals surface area contributed by atoms with Gasteiger partial charge in [0.05, 0.1) is 5.56 Å². The van der Waals surface area contributed by atoms with Crippen molar-refractivity contribution in [1.29, 1.82) is 0 Å². The minimum atomic E-state index is -0.504. The van der Waals surface area contributed by atoms with Crippen LogP contribution < -0.4 is 5.32 Å². The minimum Gasteiger partial charge on any atom is -0.348 e. The van der Waals surface area contributed by atoms with Gasteiger partial charge < -0.3 is 5.32 Å². The molecule has 0 saturated heterocycles. The number of nitrogens with one attached hydrogen (secondary N) is 1. The molecule has 2 nitrogen and oxygen atoms in total. The van der Waals surface area contributed by atoms with Crippen LogP contribution in [0.15, 0.2) is 46.9 Å². The van der Waals surface area contributed by atoms with E-state index in [2.05, 4.69) is 21.2 Å². The molecule has 2 aromatic carbocycles. The van der Waals surface area contributed by atoms with Gasteiger partial charge in [-0.05, 0) is 30.7 Å². The van der Waals surface area contributed by atoms with Crippen LogP contribution in [0.25, 0.3) is 0 Å². The van der Waals surface area contributed by atoms with E-state index < -0.39 is 11.7 Å². The van der Waals surface area contributed by atoms with Crippen LogP contribution >= 0.6 is 15.9 Å². The van der Waals surface area contributed by atoms with E-state index in [0.29, 0.717) is 6.54 Å². The predicted octanol–water partition coefficient (Wildman–Crippen LogP) is 3.83. The lowest BCUT2D eigenvalue weighted by atomic mass is 10.1. The Bertz CT molecular complexity index is 613. The highest BCUT2D eigenvalue weighted by Crippen LogP contribution is 2.16. The molecule has 0 aliphatic heterocycles. The first kappa shape index (κ1) is 13.7. The van der Waals surface area contributed by atoms with Crippen LogP contribution in [0.5, 0.6) is 0 Å². The zero-order valence-electron chi connectivity index (χ0n) is 10.4. The van der Waals surface area contributed by atoms with Gasteiger partial charge in [-0.1, -0.05) is 45.8 Å². The summed E-state index contributed by atoms with van der Waals surface area (Å²) in [5.41, 5.74) is 1.88. The van der Waals surface area contributed by atoms with E-state index in [9.17, 15) is 9.18 Å². The van der Waals surface area contributed by atoms with E-state index in [1.807, 2.05) is 31.2 Å². The van der Waals surface area contributed by atoms with Gasteiger partial charge in [0.2, 0.25) is 0 Å². The van der Waals surface area contributed by atoms with Crippen molar-refractivity contribution in [3.63, 3.8) is 0 Å². The van der Waals surface area contributed by atoms with Crippen molar-refractivity contribution >= 4 is 21.8 Å². The van der Waals surface area contributed by atoms with Crippen molar-refractivity contribution in [1.82, 2.24) is 5.32 Å². The van der Waals surface area contributed by atoms with E-state index >= 15 is 0 Å². The summed E-state index contributed by atoms with van der Waals surface area (Å²) in [7, 11) is 0. The number of carbonyl (C=O) groups is 1. The van der Waals surface area contributed by atoms with Crippen molar-refractivity contribution in [2.24, 2.45) is 0 Å². The molecule has 2 rings (SSSR count). The molecule has 0 aliphatic rings. The topological polar surface area (TPSA) is 29.1 Å². The van der Waals surface area contributed by atoms with Gasteiger partial charge in [0.15, 0.2) is 0 Å². The summed E-state index contributed by atoms with van der Waals surface area (Å²) in [5, 5.41) is 2.72. The molecule has 0 atom stereocenters. The molecule has 1 amide bonds. The second kappa shape index (κ2) is 5.97. The smallest absolute Gasteiger partial charge is 0.254 e. The summed E-state index contributed by atoms with van der Waals surface area (Å²) in [5.74, 6) is -0.910. The molecule has 0 radical (unpaired) electrons. The maximum absolute atomic E-state index is 13.6. The van der Waals surface area contributed by atoms with E-state index in [1.54, 1.807) is 12.1 Å². The predicted molar refractivity (Wildman–Crippen MR) is 76.4 cm³/mol. The monoisotopic (exact) mass is 321 g/mol. The van der Waals surface area contributed by atoms with Crippen LogP contribution in [0, 0.1) is 12.7 Å². The third kappa shape index (κ3) is 3.41. The van der Waals surface area contributed by atoms with Gasteiger partial charge in [-0.2, -0.15) is 0 Å². The molecule has 19 heavy (non-hydrogen) atoms. The second-order valence-electron chi connectivity index (χ2n) is 4.26. The van der Waals surface area contributed by atoms with Crippen molar-refractivity contribution in [2.75, 3.05) is 0 Å². The van der Waals surface area contributed by atoms with Crippen molar-refractivity contribution < 1.29 is 9.18 Å². The summed E-state index contributed by atoms with van der Waals surface area (Å²) in [6.45, 7) is 2.18. The lowest BCUT2D eigenvalue weighted by molar-refractivity contribution is 0.0946. The number of amides is 1. The highest BCUT2D eigenvalue weighted by Gasteiger charge is 2.11. The Labute approximate surface area is 119 Å². The summed E-state index contributed by atoms with van der Waals surface area (Å²) >= 11 is 3.40. The average Bonchev–Trinajstić information content (AvgIpc) is 2.40. The molecular weight excluding hydrogens is 309 g/mol. The molecule has 0 aliphatic carbocycles. The Balaban J connectivity index is 2.10. The highest BCUT2D eigenvalue weighted by molar-refractivity contribution is 9.10. The summed E-state index contributed by atoms with van der Waals surface area (Å²) in [6.07, 6.45) is 0. The highest BCUT2D eigenvalue weighted by atomic mass is 79.9. The fraction of sp³-hybridized carbons (Fsp3) is 0.133. The minimum absolute atomic E-state index is 0.0760. The molecule has 0 fully saturated rings. The third-order valence-electron chi connectivity index (χ3n) is 2.76. The molecule has 4 heteroatoms. The average molecular weight is 322 g/mol. The standard InChI is InChI=1S/C15H13BrFNO/c1-10-6-7-14(17)12(8-10)15(19)18-9-11-4-2-3-5-13(11)16/h2-8H,9H2,1H3,(H,18,19). The van der Waals surface area contributed by atoms with Crippen LogP contribution in [-0.2, 0) is 6.54 Å². The van der Waals surface area contributed by atoms with Crippen LogP contribution in [0.4, 0.5) is 4.39 Å². The first-order chi connectivity index (χ1) is 9.08. The first-order valence-electron chi connectivity index (χ1n) is 5.85. The maximum atomic E-state index is 13.6. The van der Waals surface area contributed by atoms with Crippen molar-refractivity contribution in [3.05, 3.63) is 69.4 Å². The number of aryl methyl sites for hydroxylation is 1. The van der Waals surface area contributed by atoms with Gasteiger partial charge >= 0.3 is 0 Å². The number of rotatable bonds is 3. The Morgan fingerprint density at radius 3 is 2.74 bits per heavy atom. The van der Waals surface area contributed by atoms with Crippen LogP contribution in [-0.4, -0.2) is 5.91 Å². The molecule has 1 N–H and O–H groups in total. The van der Waals surface area contributed by atoms with Crippen molar-refractivity contribution in [2.45, 2.75) is 13.5 Å². The van der Waals surface area contributed by atoms with Gasteiger partial charge in [0, 0.05) is 11.0 Å². The molecule has 0 bridgehead atoms. The van der Waals surface area contributed by atoms with Crippen LogP contribution in [0.1, 0.15) is 21.5 Å². The molecule has 0 unspecified atom stereocenters. The number of carbonyl (C=O) groups excluding carboxylic acids is 1. The quantitative estimate of drug-likeness (QED) is 0.914. The fourth-order valence-electron chi connectivity index (χ4n) is 1.73. The third-order valence-corrected chi connectivity index (χ3v) is 3.54. The zero-order chi connectivity index (χ0) is 13.8. The summed E-state index contributed by atoms with van der Waals surface area (Å²) in [6, 6.07) is 12.1. The number of hydrogen-bond donors (Lipinski definition) is 1. The Hall–Kier alpha value is -1.68. The normalized spacial score (nSPS) is 10.3. The fourth-order valence-corrected chi connectivity index (χ4v) is 2.15.